The molecule has 0 bridgehead atoms. The quantitative estimate of drug-likeness (QED) is 0.855. The molecule has 0 spiro atoms. The summed E-state index contributed by atoms with van der Waals surface area (Å²) in [4.78, 5) is 20.0. The number of aliphatic imine (C=N–C) groups is 1. The summed E-state index contributed by atoms with van der Waals surface area (Å²) in [5.41, 5.74) is 6.82. The molecule has 2 aromatic rings. The van der Waals surface area contributed by atoms with Gasteiger partial charge in [0.25, 0.3) is 11.9 Å². The van der Waals surface area contributed by atoms with Crippen LogP contribution in [0.1, 0.15) is 22.5 Å². The number of aromatic nitrogens is 1. The first kappa shape index (κ1) is 17.2. The van der Waals surface area contributed by atoms with Crippen molar-refractivity contribution in [1.82, 2.24) is 4.98 Å². The molecule has 25 heavy (non-hydrogen) atoms. The molecule has 2 heterocycles. The molecular formula is C17H16ClFN4O2. The van der Waals surface area contributed by atoms with Crippen LogP contribution in [-0.4, -0.2) is 29.6 Å². The van der Waals surface area contributed by atoms with Crippen LogP contribution in [0.3, 0.4) is 0 Å². The molecule has 130 valence electrons. The van der Waals surface area contributed by atoms with Crippen LogP contribution in [0.25, 0.3) is 0 Å². The maximum Gasteiger partial charge on any atom is 0.282 e. The molecule has 1 atom stereocenters. The Labute approximate surface area is 148 Å². The molecule has 8 heteroatoms. The number of amidine groups is 1. The molecule has 0 radical (unpaired) electrons. The molecule has 0 saturated carbocycles. The van der Waals surface area contributed by atoms with Gasteiger partial charge in [-0.15, -0.1) is 0 Å². The van der Waals surface area contributed by atoms with E-state index >= 15 is 0 Å². The molecule has 1 aliphatic heterocycles. The van der Waals surface area contributed by atoms with Gasteiger partial charge in [0.15, 0.2) is 11.5 Å². The van der Waals surface area contributed by atoms with E-state index < -0.39 is 11.7 Å². The molecule has 1 aromatic carbocycles. The molecular weight excluding hydrogens is 347 g/mol. The summed E-state index contributed by atoms with van der Waals surface area (Å²) >= 11 is 5.63. The van der Waals surface area contributed by atoms with Crippen LogP contribution in [0.5, 0.6) is 0 Å². The van der Waals surface area contributed by atoms with E-state index in [0.29, 0.717) is 12.3 Å². The zero-order valence-electron chi connectivity index (χ0n) is 13.2. The topological polar surface area (TPSA) is 89.6 Å². The molecule has 0 fully saturated rings. The van der Waals surface area contributed by atoms with Crippen molar-refractivity contribution >= 4 is 29.2 Å². The van der Waals surface area contributed by atoms with E-state index in [-0.39, 0.29) is 22.8 Å². The van der Waals surface area contributed by atoms with Crippen LogP contribution in [-0.2, 0) is 11.2 Å². The van der Waals surface area contributed by atoms with Gasteiger partial charge in [0.1, 0.15) is 6.61 Å². The summed E-state index contributed by atoms with van der Waals surface area (Å²) in [7, 11) is 0. The Kier molecular flexibility index (Phi) is 5.14. The third-order valence-electron chi connectivity index (χ3n) is 3.73. The van der Waals surface area contributed by atoms with Crippen molar-refractivity contribution in [2.45, 2.75) is 18.9 Å². The van der Waals surface area contributed by atoms with Crippen LogP contribution >= 0.6 is 11.6 Å². The molecule has 3 N–H and O–H groups in total. The monoisotopic (exact) mass is 362 g/mol. The van der Waals surface area contributed by atoms with E-state index in [4.69, 9.17) is 22.1 Å². The van der Waals surface area contributed by atoms with Gasteiger partial charge in [0, 0.05) is 11.9 Å². The third kappa shape index (κ3) is 4.45. The molecule has 3 rings (SSSR count). The molecule has 0 aliphatic carbocycles. The summed E-state index contributed by atoms with van der Waals surface area (Å²) in [5.74, 6) is -1.39. The number of carbonyl (C=O) groups is 1. The average Bonchev–Trinajstić information content (AvgIpc) is 2.99. The highest BCUT2D eigenvalue weighted by molar-refractivity contribution is 6.30. The predicted molar refractivity (Wildman–Crippen MR) is 93.3 cm³/mol. The number of aryl methyl sites for hydroxylation is 1. The van der Waals surface area contributed by atoms with Gasteiger partial charge in [-0.3, -0.25) is 4.79 Å². The van der Waals surface area contributed by atoms with Crippen LogP contribution in [0, 0.1) is 5.82 Å². The number of nitrogens with two attached hydrogens (primary N) is 1. The van der Waals surface area contributed by atoms with Gasteiger partial charge in [-0.2, -0.15) is 0 Å². The summed E-state index contributed by atoms with van der Waals surface area (Å²) in [6.45, 7) is 0.514. The van der Waals surface area contributed by atoms with Gasteiger partial charge in [-0.1, -0.05) is 23.7 Å². The second kappa shape index (κ2) is 7.48. The number of anilines is 1. The fourth-order valence-electron chi connectivity index (χ4n) is 2.44. The number of nitrogens with one attached hydrogen (secondary N) is 1. The lowest BCUT2D eigenvalue weighted by Crippen LogP contribution is -2.15. The van der Waals surface area contributed by atoms with Gasteiger partial charge >= 0.3 is 0 Å². The highest BCUT2D eigenvalue weighted by Crippen LogP contribution is 2.17. The van der Waals surface area contributed by atoms with Crippen molar-refractivity contribution in [3.05, 3.63) is 58.6 Å². The minimum atomic E-state index is -0.764. The van der Waals surface area contributed by atoms with E-state index in [1.807, 2.05) is 12.1 Å². The predicted octanol–water partition coefficient (Wildman–Crippen LogP) is 2.77. The molecule has 1 amide bonds. The van der Waals surface area contributed by atoms with Crippen LogP contribution in [0.15, 0.2) is 41.5 Å². The Morgan fingerprint density at radius 3 is 2.80 bits per heavy atom. The Balaban J connectivity index is 1.57. The number of carbonyl (C=O) groups excluding carboxylic acids is 1. The molecule has 1 unspecified atom stereocenters. The van der Waals surface area contributed by atoms with E-state index in [1.165, 1.54) is 6.20 Å². The van der Waals surface area contributed by atoms with E-state index in [2.05, 4.69) is 15.3 Å². The van der Waals surface area contributed by atoms with Gasteiger partial charge < -0.3 is 15.8 Å². The zero-order valence-corrected chi connectivity index (χ0v) is 14.0. The van der Waals surface area contributed by atoms with E-state index in [9.17, 15) is 9.18 Å². The highest BCUT2D eigenvalue weighted by atomic mass is 35.5. The number of amides is 1. The number of benzene rings is 1. The number of hydrogen-bond acceptors (Lipinski definition) is 5. The minimum Gasteiger partial charge on any atom is -0.463 e. The van der Waals surface area contributed by atoms with Crippen molar-refractivity contribution in [2.75, 3.05) is 11.9 Å². The molecule has 1 aliphatic rings. The lowest BCUT2D eigenvalue weighted by molar-refractivity contribution is 0.101. The van der Waals surface area contributed by atoms with Crippen molar-refractivity contribution in [3.63, 3.8) is 0 Å². The Hall–Kier alpha value is -2.67. The number of nitrogens with zero attached hydrogens (tertiary/aromatic N) is 2. The van der Waals surface area contributed by atoms with Crippen molar-refractivity contribution in [1.29, 1.82) is 0 Å². The smallest absolute Gasteiger partial charge is 0.282 e. The number of halogens is 2. The van der Waals surface area contributed by atoms with Crippen molar-refractivity contribution in [2.24, 2.45) is 10.7 Å². The Bertz CT molecular complexity index is 811. The second-order valence-electron chi connectivity index (χ2n) is 5.61. The normalized spacial score (nSPS) is 16.2. The Morgan fingerprint density at radius 2 is 2.16 bits per heavy atom. The largest absolute Gasteiger partial charge is 0.463 e. The maximum atomic E-state index is 13.7. The van der Waals surface area contributed by atoms with Gasteiger partial charge in [-0.25, -0.2) is 14.4 Å². The molecule has 1 aromatic heterocycles. The van der Waals surface area contributed by atoms with Crippen LogP contribution in [0.2, 0.25) is 5.02 Å². The van der Waals surface area contributed by atoms with E-state index in [0.717, 1.165) is 24.5 Å². The standard InChI is InChI=1S/C17H16ClFN4O2/c18-11-7-14(19)15(21-8-11)16(24)22-12-4-1-10(2-5-12)3-6-13-9-25-17(20)23-13/h1-2,4-5,7-8,13H,3,6,9H2,(H2,20,23)(H,22,24). The number of ether oxygens (including phenoxy) is 1. The van der Waals surface area contributed by atoms with Gasteiger partial charge in [0.05, 0.1) is 11.1 Å². The lowest BCUT2D eigenvalue weighted by Gasteiger charge is -2.08. The third-order valence-corrected chi connectivity index (χ3v) is 3.94. The second-order valence-corrected chi connectivity index (χ2v) is 6.04. The maximum absolute atomic E-state index is 13.7. The summed E-state index contributed by atoms with van der Waals surface area (Å²) < 4.78 is 18.8. The van der Waals surface area contributed by atoms with Crippen molar-refractivity contribution in [3.8, 4) is 0 Å². The molecule has 0 saturated heterocycles. The number of hydrogen-bond donors (Lipinski definition) is 2. The summed E-state index contributed by atoms with van der Waals surface area (Å²) in [6.07, 6.45) is 2.86. The van der Waals surface area contributed by atoms with Crippen LogP contribution < -0.4 is 11.1 Å². The zero-order chi connectivity index (χ0) is 17.8. The summed E-state index contributed by atoms with van der Waals surface area (Å²) in [5, 5.41) is 2.74. The SMILES string of the molecule is NC1=NC(CCc2ccc(NC(=O)c3ncc(Cl)cc3F)cc2)CO1. The number of pyridine rings is 1. The van der Waals surface area contributed by atoms with Crippen molar-refractivity contribution < 1.29 is 13.9 Å². The van der Waals surface area contributed by atoms with Gasteiger partial charge in [0.2, 0.25) is 0 Å². The van der Waals surface area contributed by atoms with E-state index in [1.54, 1.807) is 12.1 Å². The Morgan fingerprint density at radius 1 is 1.40 bits per heavy atom. The van der Waals surface area contributed by atoms with Crippen LogP contribution in [0.4, 0.5) is 10.1 Å². The lowest BCUT2D eigenvalue weighted by atomic mass is 10.1. The highest BCUT2D eigenvalue weighted by Gasteiger charge is 2.16. The average molecular weight is 363 g/mol. The summed E-state index contributed by atoms with van der Waals surface area (Å²) in [6, 6.07) is 8.67. The molecule has 6 nitrogen and oxygen atoms in total. The first-order valence-electron chi connectivity index (χ1n) is 7.68. The fourth-order valence-corrected chi connectivity index (χ4v) is 2.59. The fraction of sp³-hybridized carbons (Fsp3) is 0.235. The number of rotatable bonds is 5. The minimum absolute atomic E-state index is 0.0818. The first-order chi connectivity index (χ1) is 12.0. The van der Waals surface area contributed by atoms with Gasteiger partial charge in [-0.05, 0) is 36.6 Å². The first-order valence-corrected chi connectivity index (χ1v) is 8.06.